The Bertz CT molecular complexity index is 461. The number of nitrogens with zero attached hydrogens (tertiary/aromatic N) is 3. The molecule has 96 valence electrons. The highest BCUT2D eigenvalue weighted by Crippen LogP contribution is 2.27. The summed E-state index contributed by atoms with van der Waals surface area (Å²) in [5.74, 6) is 0.614. The van der Waals surface area contributed by atoms with Crippen LogP contribution in [0.15, 0.2) is 12.3 Å². The number of hydrogen-bond donors (Lipinski definition) is 2. The zero-order valence-corrected chi connectivity index (χ0v) is 10.8. The molecule has 0 bridgehead atoms. The lowest BCUT2D eigenvalue weighted by molar-refractivity contribution is 0.257. The Kier molecular flexibility index (Phi) is 3.68. The number of hydrogen-bond acceptors (Lipinski definition) is 5. The van der Waals surface area contributed by atoms with Crippen LogP contribution in [-0.4, -0.2) is 35.6 Å². The fraction of sp³-hybridized carbons (Fsp3) is 0.538. The average Bonchev–Trinajstić information content (AvgIpc) is 3.20. The molecule has 1 atom stereocenters. The van der Waals surface area contributed by atoms with Crippen molar-refractivity contribution in [3.8, 4) is 6.07 Å². The highest BCUT2D eigenvalue weighted by Gasteiger charge is 2.28. The van der Waals surface area contributed by atoms with E-state index in [4.69, 9.17) is 11.0 Å². The molecule has 0 aliphatic heterocycles. The zero-order chi connectivity index (χ0) is 13.1. The molecule has 18 heavy (non-hydrogen) atoms. The Morgan fingerprint density at radius 1 is 1.67 bits per heavy atom. The number of likely N-dealkylation sites (N-methyl/N-ethyl adjacent to an activating group) is 1. The quantitative estimate of drug-likeness (QED) is 0.820. The maximum atomic E-state index is 9.02. The molecule has 0 spiro atoms. The minimum absolute atomic E-state index is 0.420. The fourth-order valence-corrected chi connectivity index (χ4v) is 1.94. The van der Waals surface area contributed by atoms with Crippen LogP contribution in [0, 0.1) is 11.3 Å². The molecule has 1 saturated carbocycles. The van der Waals surface area contributed by atoms with E-state index >= 15 is 0 Å². The molecule has 1 aliphatic rings. The standard InChI is InChI=1S/C13H19N5/c1-9(18(2)12-3-4-12)7-16-13-10(6-14)5-11(15)8-17-13/h5,8-9,12H,3-4,7,15H2,1-2H3,(H,16,17). The summed E-state index contributed by atoms with van der Waals surface area (Å²) < 4.78 is 0. The van der Waals surface area contributed by atoms with E-state index in [1.54, 1.807) is 12.3 Å². The van der Waals surface area contributed by atoms with Crippen LogP contribution in [-0.2, 0) is 0 Å². The lowest BCUT2D eigenvalue weighted by atomic mass is 10.2. The van der Waals surface area contributed by atoms with Crippen molar-refractivity contribution in [2.24, 2.45) is 0 Å². The number of nitrogens with one attached hydrogen (secondary N) is 1. The number of nitrogen functional groups attached to an aromatic ring is 1. The Morgan fingerprint density at radius 2 is 2.39 bits per heavy atom. The molecular formula is C13H19N5. The lowest BCUT2D eigenvalue weighted by Gasteiger charge is -2.25. The van der Waals surface area contributed by atoms with Crippen LogP contribution in [0.4, 0.5) is 11.5 Å². The first kappa shape index (κ1) is 12.7. The van der Waals surface area contributed by atoms with Crippen LogP contribution in [0.5, 0.6) is 0 Å². The van der Waals surface area contributed by atoms with Gasteiger partial charge in [-0.15, -0.1) is 0 Å². The molecule has 5 heteroatoms. The molecule has 0 radical (unpaired) electrons. The van der Waals surface area contributed by atoms with Crippen LogP contribution < -0.4 is 11.1 Å². The summed E-state index contributed by atoms with van der Waals surface area (Å²) in [4.78, 5) is 6.54. The molecule has 0 saturated heterocycles. The van der Waals surface area contributed by atoms with Crippen molar-refractivity contribution in [1.29, 1.82) is 5.26 Å². The highest BCUT2D eigenvalue weighted by molar-refractivity contribution is 5.57. The van der Waals surface area contributed by atoms with Gasteiger partial charge in [-0.25, -0.2) is 4.98 Å². The first-order valence-electron chi connectivity index (χ1n) is 6.23. The van der Waals surface area contributed by atoms with Gasteiger partial charge in [0.15, 0.2) is 0 Å². The van der Waals surface area contributed by atoms with Gasteiger partial charge >= 0.3 is 0 Å². The second-order valence-corrected chi connectivity index (χ2v) is 4.90. The van der Waals surface area contributed by atoms with Crippen molar-refractivity contribution in [2.45, 2.75) is 31.8 Å². The predicted octanol–water partition coefficient (Wildman–Crippen LogP) is 1.43. The minimum atomic E-state index is 0.420. The van der Waals surface area contributed by atoms with E-state index in [0.717, 1.165) is 12.6 Å². The number of pyridine rings is 1. The van der Waals surface area contributed by atoms with Gasteiger partial charge in [-0.05, 0) is 32.9 Å². The summed E-state index contributed by atoms with van der Waals surface area (Å²) in [6.07, 6.45) is 4.16. The van der Waals surface area contributed by atoms with Crippen LogP contribution in [0.2, 0.25) is 0 Å². The van der Waals surface area contributed by atoms with Gasteiger partial charge in [-0.1, -0.05) is 0 Å². The smallest absolute Gasteiger partial charge is 0.144 e. The number of rotatable bonds is 5. The van der Waals surface area contributed by atoms with Crippen LogP contribution >= 0.6 is 0 Å². The van der Waals surface area contributed by atoms with Gasteiger partial charge in [0, 0.05) is 18.6 Å². The van der Waals surface area contributed by atoms with Gasteiger partial charge in [-0.2, -0.15) is 5.26 Å². The van der Waals surface area contributed by atoms with E-state index in [-0.39, 0.29) is 0 Å². The molecule has 1 fully saturated rings. The first-order valence-corrected chi connectivity index (χ1v) is 6.23. The second-order valence-electron chi connectivity index (χ2n) is 4.90. The molecule has 3 N–H and O–H groups in total. The summed E-state index contributed by atoms with van der Waals surface area (Å²) in [6, 6.07) is 4.90. The highest BCUT2D eigenvalue weighted by atomic mass is 15.2. The SMILES string of the molecule is CC(CNc1ncc(N)cc1C#N)N(C)C1CC1. The van der Waals surface area contributed by atoms with E-state index in [0.29, 0.717) is 23.1 Å². The van der Waals surface area contributed by atoms with E-state index in [9.17, 15) is 0 Å². The van der Waals surface area contributed by atoms with E-state index in [1.807, 2.05) is 0 Å². The summed E-state index contributed by atoms with van der Waals surface area (Å²) >= 11 is 0. The Balaban J connectivity index is 1.95. The molecule has 0 amide bonds. The van der Waals surface area contributed by atoms with E-state index in [2.05, 4.69) is 35.2 Å². The molecular weight excluding hydrogens is 226 g/mol. The summed E-state index contributed by atoms with van der Waals surface area (Å²) in [7, 11) is 2.14. The minimum Gasteiger partial charge on any atom is -0.397 e. The van der Waals surface area contributed by atoms with Gasteiger partial charge in [0.2, 0.25) is 0 Å². The van der Waals surface area contributed by atoms with E-state index in [1.165, 1.54) is 12.8 Å². The zero-order valence-electron chi connectivity index (χ0n) is 10.8. The molecule has 0 aromatic carbocycles. The molecule has 1 heterocycles. The third kappa shape index (κ3) is 2.90. The normalized spacial score (nSPS) is 16.3. The van der Waals surface area contributed by atoms with Crippen molar-refractivity contribution < 1.29 is 0 Å². The third-order valence-corrected chi connectivity index (χ3v) is 3.41. The summed E-state index contributed by atoms with van der Waals surface area (Å²) in [5, 5.41) is 12.2. The van der Waals surface area contributed by atoms with Gasteiger partial charge in [0.05, 0.1) is 17.4 Å². The van der Waals surface area contributed by atoms with E-state index < -0.39 is 0 Å². The Morgan fingerprint density at radius 3 is 3.00 bits per heavy atom. The van der Waals surface area contributed by atoms with Crippen molar-refractivity contribution >= 4 is 11.5 Å². The molecule has 2 rings (SSSR count). The van der Waals surface area contributed by atoms with Crippen molar-refractivity contribution in [2.75, 3.05) is 24.6 Å². The topological polar surface area (TPSA) is 78.0 Å². The van der Waals surface area contributed by atoms with Crippen molar-refractivity contribution in [3.05, 3.63) is 17.8 Å². The van der Waals surface area contributed by atoms with Gasteiger partial charge in [0.25, 0.3) is 0 Å². The fourth-order valence-electron chi connectivity index (χ4n) is 1.94. The first-order chi connectivity index (χ1) is 8.61. The lowest BCUT2D eigenvalue weighted by Crippen LogP contribution is -2.36. The monoisotopic (exact) mass is 245 g/mol. The number of anilines is 2. The third-order valence-electron chi connectivity index (χ3n) is 3.41. The molecule has 1 aliphatic carbocycles. The van der Waals surface area contributed by atoms with Gasteiger partial charge < -0.3 is 11.1 Å². The number of nitrogens with two attached hydrogens (primary N) is 1. The predicted molar refractivity (Wildman–Crippen MR) is 72.1 cm³/mol. The Hall–Kier alpha value is -1.80. The van der Waals surface area contributed by atoms with Crippen molar-refractivity contribution in [3.63, 3.8) is 0 Å². The van der Waals surface area contributed by atoms with Crippen LogP contribution in [0.25, 0.3) is 0 Å². The molecule has 1 unspecified atom stereocenters. The van der Waals surface area contributed by atoms with Gasteiger partial charge in [0.1, 0.15) is 11.9 Å². The van der Waals surface area contributed by atoms with Gasteiger partial charge in [-0.3, -0.25) is 4.90 Å². The largest absolute Gasteiger partial charge is 0.397 e. The van der Waals surface area contributed by atoms with Crippen molar-refractivity contribution in [1.82, 2.24) is 9.88 Å². The molecule has 5 nitrogen and oxygen atoms in total. The number of nitriles is 1. The average molecular weight is 245 g/mol. The second kappa shape index (κ2) is 5.23. The molecule has 1 aromatic heterocycles. The van der Waals surface area contributed by atoms with Crippen LogP contribution in [0.1, 0.15) is 25.3 Å². The summed E-state index contributed by atoms with van der Waals surface area (Å²) in [5.41, 5.74) is 6.62. The molecule has 1 aromatic rings. The van der Waals surface area contributed by atoms with Crippen LogP contribution in [0.3, 0.4) is 0 Å². The number of aromatic nitrogens is 1. The summed E-state index contributed by atoms with van der Waals surface area (Å²) in [6.45, 7) is 2.95. The maximum absolute atomic E-state index is 9.02. The maximum Gasteiger partial charge on any atom is 0.144 e. The Labute approximate surface area is 108 Å².